The molecule has 0 unspecified atom stereocenters. The summed E-state index contributed by atoms with van der Waals surface area (Å²) in [5.74, 6) is -0.603. The predicted octanol–water partition coefficient (Wildman–Crippen LogP) is 0.732. The molecular weight excluding hydrogens is 218 g/mol. The molecule has 0 aromatic carbocycles. The first kappa shape index (κ1) is 11.8. The number of carbonyl (C=O) groups is 1. The van der Waals surface area contributed by atoms with E-state index in [-0.39, 0.29) is 18.0 Å². The molecule has 0 atom stereocenters. The van der Waals surface area contributed by atoms with Gasteiger partial charge in [-0.05, 0) is 0 Å². The second-order valence-corrected chi connectivity index (χ2v) is 3.13. The van der Waals surface area contributed by atoms with Gasteiger partial charge in [-0.25, -0.2) is 0 Å². The van der Waals surface area contributed by atoms with Gasteiger partial charge in [0.2, 0.25) is 0 Å². The van der Waals surface area contributed by atoms with Crippen LogP contribution in [0, 0.1) is 0 Å². The van der Waals surface area contributed by atoms with Crippen LogP contribution in [0.25, 0.3) is 0 Å². The van der Waals surface area contributed by atoms with Gasteiger partial charge in [-0.3, -0.25) is 0 Å². The molecule has 1 rings (SSSR count). The van der Waals surface area contributed by atoms with Crippen molar-refractivity contribution in [1.82, 2.24) is 4.57 Å². The molecule has 1 aromatic rings. The van der Waals surface area contributed by atoms with Crippen molar-refractivity contribution in [2.24, 2.45) is 0 Å². The van der Waals surface area contributed by atoms with Crippen LogP contribution in [-0.2, 0) is 4.74 Å². The fourth-order valence-electron chi connectivity index (χ4n) is 1.15. The van der Waals surface area contributed by atoms with Crippen LogP contribution in [0.15, 0.2) is 11.1 Å². The Morgan fingerprint density at radius 1 is 1.87 bits per heavy atom. The minimum atomic E-state index is -0.603. The fourth-order valence-corrected chi connectivity index (χ4v) is 1.46. The summed E-state index contributed by atoms with van der Waals surface area (Å²) >= 11 is 4.04. The summed E-state index contributed by atoms with van der Waals surface area (Å²) in [5.41, 5.74) is 5.86. The van der Waals surface area contributed by atoms with Crippen molar-refractivity contribution < 1.29 is 13.8 Å². The molecule has 4 nitrogen and oxygen atoms in total. The van der Waals surface area contributed by atoms with E-state index in [1.54, 1.807) is 6.92 Å². The van der Waals surface area contributed by atoms with Crippen LogP contribution >= 0.6 is 12.6 Å². The van der Waals surface area contributed by atoms with Gasteiger partial charge in [0.05, 0.1) is 0 Å². The zero-order chi connectivity index (χ0) is 11.4. The molecule has 0 saturated carbocycles. The number of nitrogens with two attached hydrogens (primary N) is 1. The minimum absolute atomic E-state index is 0.0794. The van der Waals surface area contributed by atoms with E-state index in [1.165, 1.54) is 10.6 Å². The zero-order valence-corrected chi connectivity index (χ0v) is 9.00. The molecule has 0 aliphatic rings. The monoisotopic (exact) mass is 228 g/mol. The van der Waals surface area contributed by atoms with E-state index in [0.29, 0.717) is 12.2 Å². The van der Waals surface area contributed by atoms with Gasteiger partial charge >= 0.3 is 92.0 Å². The van der Waals surface area contributed by atoms with Crippen molar-refractivity contribution >= 4 is 37.6 Å². The Morgan fingerprint density at radius 2 is 2.53 bits per heavy atom. The Balaban J connectivity index is 3.20. The van der Waals surface area contributed by atoms with Crippen LogP contribution in [0.1, 0.15) is 17.4 Å². The third-order valence-electron chi connectivity index (χ3n) is 1.72. The number of esters is 1. The van der Waals surface area contributed by atoms with Gasteiger partial charge < -0.3 is 0 Å². The standard InChI is InChI=1S/C8H10BFN2O2S/c1-2-14-8(13)7-5(11)3-6(15)12(7)4-9-10/h3-4,15H,2,11H2,1H3. The number of rotatable bonds is 3. The molecule has 0 bridgehead atoms. The molecule has 0 fully saturated rings. The Morgan fingerprint density at radius 3 is 3.07 bits per heavy atom. The molecule has 0 amide bonds. The van der Waals surface area contributed by atoms with Gasteiger partial charge in [-0.1, -0.05) is 0 Å². The van der Waals surface area contributed by atoms with Crippen LogP contribution in [0.4, 0.5) is 10.0 Å². The maximum atomic E-state index is 12.1. The first-order chi connectivity index (χ1) is 7.11. The van der Waals surface area contributed by atoms with E-state index >= 15 is 0 Å². The summed E-state index contributed by atoms with van der Waals surface area (Å²) in [6.45, 7) is 1.90. The van der Waals surface area contributed by atoms with Crippen LogP contribution < -0.4 is 5.73 Å². The van der Waals surface area contributed by atoms with Crippen molar-refractivity contribution in [2.75, 3.05) is 12.3 Å². The van der Waals surface area contributed by atoms with Crippen LogP contribution in [-0.4, -0.2) is 30.4 Å². The third kappa shape index (κ3) is 2.41. The van der Waals surface area contributed by atoms with Gasteiger partial charge in [0.15, 0.2) is 0 Å². The molecule has 1 aromatic heterocycles. The number of aromatic nitrogens is 1. The van der Waals surface area contributed by atoms with E-state index in [0.717, 1.165) is 6.09 Å². The Bertz CT molecular complexity index is 406. The molecule has 0 spiro atoms. The number of nitrogens with zero attached hydrogens (tertiary/aromatic N) is 1. The summed E-state index contributed by atoms with van der Waals surface area (Å²) in [5, 5.41) is 0.365. The molecule has 0 aliphatic heterocycles. The first-order valence-corrected chi connectivity index (χ1v) is 4.70. The normalized spacial score (nSPS) is 10.3. The number of ether oxygens (including phenoxy) is 1. The van der Waals surface area contributed by atoms with Crippen molar-refractivity contribution in [3.05, 3.63) is 11.8 Å². The van der Waals surface area contributed by atoms with Gasteiger partial charge in [0.1, 0.15) is 0 Å². The summed E-state index contributed by atoms with van der Waals surface area (Å²) in [6.07, 6.45) is 1.05. The van der Waals surface area contributed by atoms with Gasteiger partial charge in [-0.15, -0.1) is 0 Å². The topological polar surface area (TPSA) is 57.2 Å². The van der Waals surface area contributed by atoms with Crippen molar-refractivity contribution in [3.8, 4) is 0 Å². The van der Waals surface area contributed by atoms with Crippen LogP contribution in [0.3, 0.4) is 0 Å². The maximum absolute atomic E-state index is 12.1. The van der Waals surface area contributed by atoms with E-state index in [1.807, 2.05) is 0 Å². The molecule has 15 heavy (non-hydrogen) atoms. The molecular formula is C8H10BFN2O2S. The summed E-state index contributed by atoms with van der Waals surface area (Å²) in [6, 6.07) is 1.45. The molecule has 0 saturated heterocycles. The molecule has 0 radical (unpaired) electrons. The Kier molecular flexibility index (Phi) is 3.96. The third-order valence-corrected chi connectivity index (χ3v) is 2.06. The summed E-state index contributed by atoms with van der Waals surface area (Å²) in [7, 11) is 0.294. The number of thiol groups is 1. The Labute approximate surface area is 92.6 Å². The zero-order valence-electron chi connectivity index (χ0n) is 8.11. The summed E-state index contributed by atoms with van der Waals surface area (Å²) < 4.78 is 18.1. The van der Waals surface area contributed by atoms with Crippen molar-refractivity contribution in [2.45, 2.75) is 11.9 Å². The number of halogens is 1. The number of carbonyl (C=O) groups excluding carboxylic acids is 1. The van der Waals surface area contributed by atoms with E-state index in [9.17, 15) is 9.11 Å². The fraction of sp³-hybridized carbons (Fsp3) is 0.250. The number of hydrogen-bond donors (Lipinski definition) is 2. The second-order valence-electron chi connectivity index (χ2n) is 2.67. The second kappa shape index (κ2) is 5.02. The van der Waals surface area contributed by atoms with E-state index in [4.69, 9.17) is 10.5 Å². The predicted molar refractivity (Wildman–Crippen MR) is 60.4 cm³/mol. The van der Waals surface area contributed by atoms with Crippen molar-refractivity contribution in [1.29, 1.82) is 0 Å². The SMILES string of the molecule is CCOC(=O)c1c(N)cc(S)n1C=BF. The summed E-state index contributed by atoms with van der Waals surface area (Å²) in [4.78, 5) is 11.5. The average Bonchev–Trinajstić information content (AvgIpc) is 2.43. The van der Waals surface area contributed by atoms with Gasteiger partial charge in [-0.2, -0.15) is 0 Å². The van der Waals surface area contributed by atoms with Gasteiger partial charge in [0.25, 0.3) is 0 Å². The number of hydrogen-bond acceptors (Lipinski definition) is 4. The average molecular weight is 228 g/mol. The van der Waals surface area contributed by atoms with Crippen molar-refractivity contribution in [3.63, 3.8) is 0 Å². The van der Waals surface area contributed by atoms with Gasteiger partial charge in [0, 0.05) is 0 Å². The molecule has 0 aliphatic carbocycles. The molecule has 1 heterocycles. The molecule has 2 N–H and O–H groups in total. The van der Waals surface area contributed by atoms with Crippen LogP contribution in [0.2, 0.25) is 0 Å². The molecule has 7 heteroatoms. The van der Waals surface area contributed by atoms with E-state index < -0.39 is 5.97 Å². The quantitative estimate of drug-likeness (QED) is 0.455. The Hall–Kier alpha value is -1.24. The number of anilines is 1. The van der Waals surface area contributed by atoms with E-state index in [2.05, 4.69) is 12.6 Å². The first-order valence-electron chi connectivity index (χ1n) is 4.25. The van der Waals surface area contributed by atoms with Crippen LogP contribution in [0.5, 0.6) is 0 Å². The number of nitrogen functional groups attached to an aromatic ring is 1. The molecule has 80 valence electrons.